The molecule has 0 unspecified atom stereocenters. The van der Waals surface area contributed by atoms with Gasteiger partial charge in [-0.25, -0.2) is 0 Å². The predicted octanol–water partition coefficient (Wildman–Crippen LogP) is 1.81. The molecule has 6 nitrogen and oxygen atoms in total. The lowest BCUT2D eigenvalue weighted by Gasteiger charge is -2.35. The van der Waals surface area contributed by atoms with E-state index in [-0.39, 0.29) is 5.91 Å². The van der Waals surface area contributed by atoms with E-state index in [1.165, 1.54) is 0 Å². The Balaban J connectivity index is 1.46. The first-order valence-corrected chi connectivity index (χ1v) is 8.78. The van der Waals surface area contributed by atoms with Crippen LogP contribution in [0.5, 0.6) is 0 Å². The molecule has 2 aromatic rings. The second-order valence-corrected chi connectivity index (χ2v) is 7.37. The van der Waals surface area contributed by atoms with Crippen molar-refractivity contribution in [3.63, 3.8) is 0 Å². The molecule has 1 N–H and O–H groups in total. The number of nitrogens with zero attached hydrogens (tertiary/aromatic N) is 4. The Morgan fingerprint density at radius 1 is 1.30 bits per heavy atom. The lowest BCUT2D eigenvalue weighted by molar-refractivity contribution is 0.0695. The van der Waals surface area contributed by atoms with Crippen molar-refractivity contribution in [2.75, 3.05) is 32.7 Å². The van der Waals surface area contributed by atoms with Crippen molar-refractivity contribution in [3.05, 3.63) is 30.0 Å². The molecule has 1 aromatic heterocycles. The lowest BCUT2D eigenvalue weighted by Crippen LogP contribution is -2.49. The molecule has 2 aliphatic heterocycles. The number of aromatic nitrogens is 2. The number of aliphatic imine (C=N–C) groups is 1. The van der Waals surface area contributed by atoms with Crippen molar-refractivity contribution in [2.24, 2.45) is 4.99 Å². The third-order valence-corrected chi connectivity index (χ3v) is 5.49. The maximum absolute atomic E-state index is 12.8. The van der Waals surface area contributed by atoms with Crippen molar-refractivity contribution in [1.82, 2.24) is 20.0 Å². The Hall–Kier alpha value is -2.02. The Labute approximate surface area is 138 Å². The van der Waals surface area contributed by atoms with Crippen LogP contribution in [-0.4, -0.2) is 69.0 Å². The second-order valence-electron chi connectivity index (χ2n) is 5.97. The molecule has 1 atom stereocenters. The summed E-state index contributed by atoms with van der Waals surface area (Å²) in [5, 5.41) is 9.56. The highest BCUT2D eigenvalue weighted by Crippen LogP contribution is 2.24. The number of nitrogens with one attached hydrogen (secondary N) is 1. The van der Waals surface area contributed by atoms with E-state index in [9.17, 15) is 4.79 Å². The van der Waals surface area contributed by atoms with Gasteiger partial charge in [0.2, 0.25) is 0 Å². The van der Waals surface area contributed by atoms with Gasteiger partial charge in [0.25, 0.3) is 5.91 Å². The molecule has 1 amide bonds. The van der Waals surface area contributed by atoms with Crippen LogP contribution in [0, 0.1) is 0 Å². The molecule has 7 heteroatoms. The number of piperazine rings is 1. The molecular formula is C16H19N5OS. The molecular weight excluding hydrogens is 310 g/mol. The highest BCUT2D eigenvalue weighted by atomic mass is 32.2. The highest BCUT2D eigenvalue weighted by Gasteiger charge is 2.27. The normalized spacial score (nSPS) is 21.8. The minimum atomic E-state index is 0.0889. The van der Waals surface area contributed by atoms with Gasteiger partial charge in [-0.1, -0.05) is 24.8 Å². The van der Waals surface area contributed by atoms with Crippen LogP contribution in [0.4, 0.5) is 0 Å². The summed E-state index contributed by atoms with van der Waals surface area (Å²) in [7, 11) is 0. The zero-order chi connectivity index (χ0) is 15.8. The van der Waals surface area contributed by atoms with Crippen LogP contribution >= 0.6 is 11.8 Å². The predicted molar refractivity (Wildman–Crippen MR) is 92.9 cm³/mol. The fraction of sp³-hybridized carbons (Fsp3) is 0.438. The fourth-order valence-electron chi connectivity index (χ4n) is 3.06. The summed E-state index contributed by atoms with van der Waals surface area (Å²) in [5.74, 6) is 0.0889. The molecule has 1 aromatic carbocycles. The van der Waals surface area contributed by atoms with Gasteiger partial charge in [-0.05, 0) is 12.1 Å². The van der Waals surface area contributed by atoms with Gasteiger partial charge in [-0.2, -0.15) is 5.10 Å². The second kappa shape index (κ2) is 5.88. The molecule has 4 rings (SSSR count). The lowest BCUT2D eigenvalue weighted by atomic mass is 10.1. The third kappa shape index (κ3) is 2.69. The van der Waals surface area contributed by atoms with Crippen molar-refractivity contribution in [1.29, 1.82) is 0 Å². The van der Waals surface area contributed by atoms with Crippen molar-refractivity contribution in [3.8, 4) is 0 Å². The Morgan fingerprint density at radius 2 is 2.13 bits per heavy atom. The summed E-state index contributed by atoms with van der Waals surface area (Å²) in [5.41, 5.74) is 1.63. The first-order chi connectivity index (χ1) is 11.2. The summed E-state index contributed by atoms with van der Waals surface area (Å²) in [4.78, 5) is 21.6. The number of carbonyl (C=O) groups is 1. The van der Waals surface area contributed by atoms with Crippen LogP contribution in [0.2, 0.25) is 0 Å². The van der Waals surface area contributed by atoms with Gasteiger partial charge < -0.3 is 9.80 Å². The number of fused-ring (bicyclic) bond motifs is 1. The van der Waals surface area contributed by atoms with Gasteiger partial charge in [0.1, 0.15) is 0 Å². The molecule has 120 valence electrons. The average Bonchev–Trinajstić information content (AvgIpc) is 3.22. The largest absolute Gasteiger partial charge is 0.348 e. The van der Waals surface area contributed by atoms with E-state index >= 15 is 0 Å². The quantitative estimate of drug-likeness (QED) is 0.867. The van der Waals surface area contributed by atoms with E-state index in [1.54, 1.807) is 6.20 Å². The molecule has 3 heterocycles. The molecule has 1 saturated heterocycles. The molecule has 0 radical (unpaired) electrons. The van der Waals surface area contributed by atoms with Crippen molar-refractivity contribution >= 4 is 33.7 Å². The topological polar surface area (TPSA) is 64.6 Å². The number of amides is 1. The van der Waals surface area contributed by atoms with Gasteiger partial charge in [-0.3, -0.25) is 14.9 Å². The summed E-state index contributed by atoms with van der Waals surface area (Å²) in [6, 6.07) is 5.72. The number of hydrogen-bond donors (Lipinski definition) is 1. The first-order valence-electron chi connectivity index (χ1n) is 7.90. The zero-order valence-electron chi connectivity index (χ0n) is 13.0. The van der Waals surface area contributed by atoms with E-state index in [4.69, 9.17) is 0 Å². The van der Waals surface area contributed by atoms with Crippen LogP contribution in [-0.2, 0) is 0 Å². The monoisotopic (exact) mass is 329 g/mol. The van der Waals surface area contributed by atoms with Gasteiger partial charge in [0.15, 0.2) is 5.17 Å². The molecule has 1 fully saturated rings. The molecule has 23 heavy (non-hydrogen) atoms. The summed E-state index contributed by atoms with van der Waals surface area (Å²) < 4.78 is 0. The number of H-pyrrole nitrogens is 1. The summed E-state index contributed by atoms with van der Waals surface area (Å²) >= 11 is 1.84. The zero-order valence-corrected chi connectivity index (χ0v) is 13.8. The maximum atomic E-state index is 12.8. The Kier molecular flexibility index (Phi) is 3.72. The Bertz CT molecular complexity index is 763. The summed E-state index contributed by atoms with van der Waals surface area (Å²) in [6.45, 7) is 6.29. The highest BCUT2D eigenvalue weighted by molar-refractivity contribution is 8.14. The van der Waals surface area contributed by atoms with Crippen LogP contribution in [0.3, 0.4) is 0 Å². The molecule has 2 aliphatic rings. The number of rotatable bonds is 1. The van der Waals surface area contributed by atoms with Gasteiger partial charge in [0, 0.05) is 36.8 Å². The smallest absolute Gasteiger partial charge is 0.254 e. The molecule has 0 bridgehead atoms. The van der Waals surface area contributed by atoms with Crippen molar-refractivity contribution < 1.29 is 4.79 Å². The summed E-state index contributed by atoms with van der Waals surface area (Å²) in [6.07, 6.45) is 1.73. The average molecular weight is 329 g/mol. The van der Waals surface area contributed by atoms with Crippen LogP contribution in [0.15, 0.2) is 29.4 Å². The molecule has 0 saturated carbocycles. The van der Waals surface area contributed by atoms with Gasteiger partial charge in [-0.15, -0.1) is 0 Å². The van der Waals surface area contributed by atoms with Crippen LogP contribution in [0.1, 0.15) is 17.3 Å². The Morgan fingerprint density at radius 3 is 2.87 bits per heavy atom. The number of aromatic amines is 1. The number of thioether (sulfide) groups is 1. The minimum Gasteiger partial charge on any atom is -0.348 e. The number of amidine groups is 1. The van der Waals surface area contributed by atoms with Gasteiger partial charge in [0.05, 0.1) is 23.8 Å². The van der Waals surface area contributed by atoms with E-state index in [0.717, 1.165) is 54.4 Å². The molecule has 0 aliphatic carbocycles. The van der Waals surface area contributed by atoms with Gasteiger partial charge >= 0.3 is 0 Å². The first kappa shape index (κ1) is 14.6. The standard InChI is InChI=1S/C16H19N5OS/c1-11-9-17-16(23-11)21-7-5-20(6-8-21)15(22)12-3-2-4-14-13(12)10-18-19-14/h2-4,10-11H,5-9H2,1H3,(H,18,19)/t11-/m0/s1. The maximum Gasteiger partial charge on any atom is 0.254 e. The van der Waals surface area contributed by atoms with Crippen molar-refractivity contribution in [2.45, 2.75) is 12.2 Å². The van der Waals surface area contributed by atoms with E-state index in [0.29, 0.717) is 5.25 Å². The SMILES string of the molecule is C[C@H]1CN=C(N2CCN(C(=O)c3cccc4[nH]ncc34)CC2)S1. The van der Waals surface area contributed by atoms with E-state index < -0.39 is 0 Å². The van der Waals surface area contributed by atoms with Crippen LogP contribution in [0.25, 0.3) is 10.9 Å². The molecule has 0 spiro atoms. The number of benzene rings is 1. The minimum absolute atomic E-state index is 0.0889. The number of hydrogen-bond acceptors (Lipinski definition) is 5. The third-order valence-electron chi connectivity index (χ3n) is 4.34. The van der Waals surface area contributed by atoms with Crippen LogP contribution < -0.4 is 0 Å². The van der Waals surface area contributed by atoms with E-state index in [2.05, 4.69) is 27.0 Å². The number of carbonyl (C=O) groups excluding carboxylic acids is 1. The fourth-order valence-corrected chi connectivity index (χ4v) is 4.05. The van der Waals surface area contributed by atoms with E-state index in [1.807, 2.05) is 34.9 Å².